The summed E-state index contributed by atoms with van der Waals surface area (Å²) in [6, 6.07) is 6.31. The number of hydrogen-bond acceptors (Lipinski definition) is 2. The number of carbonyl (C=O) groups is 2. The lowest BCUT2D eigenvalue weighted by molar-refractivity contribution is -0.143. The molecule has 0 spiro atoms. The fourth-order valence-corrected chi connectivity index (χ4v) is 2.30. The van der Waals surface area contributed by atoms with Crippen LogP contribution >= 0.6 is 15.9 Å². The Morgan fingerprint density at radius 2 is 1.76 bits per heavy atom. The molecule has 2 amide bonds. The van der Waals surface area contributed by atoms with Crippen LogP contribution < -0.4 is 10.6 Å². The van der Waals surface area contributed by atoms with Crippen molar-refractivity contribution in [3.05, 3.63) is 28.7 Å². The molecular formula is C15H21BrN2O3. The minimum atomic E-state index is -0.889. The van der Waals surface area contributed by atoms with Gasteiger partial charge in [-0.2, -0.15) is 0 Å². The summed E-state index contributed by atoms with van der Waals surface area (Å²) in [6.07, 6.45) is 0.523. The zero-order chi connectivity index (χ0) is 16.0. The highest BCUT2D eigenvalue weighted by Gasteiger charge is 2.26. The average molecular weight is 357 g/mol. The third-order valence-electron chi connectivity index (χ3n) is 3.11. The van der Waals surface area contributed by atoms with E-state index in [1.54, 1.807) is 19.1 Å². The molecule has 3 N–H and O–H groups in total. The van der Waals surface area contributed by atoms with Gasteiger partial charge >= 0.3 is 12.0 Å². The molecule has 0 aliphatic carbocycles. The van der Waals surface area contributed by atoms with E-state index in [9.17, 15) is 14.7 Å². The van der Waals surface area contributed by atoms with Crippen LogP contribution in [0.15, 0.2) is 28.7 Å². The molecule has 0 aromatic heterocycles. The first-order valence-corrected chi connectivity index (χ1v) is 7.64. The molecule has 1 unspecified atom stereocenters. The zero-order valence-electron chi connectivity index (χ0n) is 12.4. The second-order valence-corrected chi connectivity index (χ2v) is 6.38. The molecule has 21 heavy (non-hydrogen) atoms. The first-order valence-electron chi connectivity index (χ1n) is 6.85. The highest BCUT2D eigenvalue weighted by Crippen LogP contribution is 2.17. The summed E-state index contributed by atoms with van der Waals surface area (Å²) >= 11 is 3.32. The van der Waals surface area contributed by atoms with E-state index in [4.69, 9.17) is 0 Å². The Labute approximate surface area is 133 Å². The van der Waals surface area contributed by atoms with Crippen LogP contribution in [-0.2, 0) is 4.79 Å². The largest absolute Gasteiger partial charge is 0.481 e. The van der Waals surface area contributed by atoms with Crippen LogP contribution in [0.4, 0.5) is 10.5 Å². The molecule has 0 radical (unpaired) electrons. The van der Waals surface area contributed by atoms with Gasteiger partial charge in [0.15, 0.2) is 0 Å². The Morgan fingerprint density at radius 3 is 2.24 bits per heavy atom. The van der Waals surface area contributed by atoms with Gasteiger partial charge in [-0.1, -0.05) is 29.8 Å². The van der Waals surface area contributed by atoms with Crippen molar-refractivity contribution in [2.24, 2.45) is 11.8 Å². The molecule has 0 saturated heterocycles. The Balaban J connectivity index is 2.59. The van der Waals surface area contributed by atoms with Crippen LogP contribution in [0.1, 0.15) is 27.2 Å². The predicted octanol–water partition coefficient (Wildman–Crippen LogP) is 3.71. The number of rotatable bonds is 6. The summed E-state index contributed by atoms with van der Waals surface area (Å²) in [6.45, 7) is 5.64. The number of carbonyl (C=O) groups excluding carboxylic acids is 1. The highest BCUT2D eigenvalue weighted by molar-refractivity contribution is 9.10. The molecule has 0 fully saturated rings. The van der Waals surface area contributed by atoms with E-state index in [1.807, 2.05) is 26.0 Å². The standard InChI is InChI=1S/C15H21BrN2O3/c1-9(2)8-13(14(19)20)10(3)17-15(21)18-12-6-4-11(16)5-7-12/h4-7,9-10,13H,8H2,1-3H3,(H,19,20)(H2,17,18,21)/t10?,13-/m1/s1. The maximum Gasteiger partial charge on any atom is 0.319 e. The van der Waals surface area contributed by atoms with Crippen molar-refractivity contribution in [1.82, 2.24) is 5.32 Å². The fourth-order valence-electron chi connectivity index (χ4n) is 2.03. The van der Waals surface area contributed by atoms with Gasteiger partial charge in [-0.15, -0.1) is 0 Å². The van der Waals surface area contributed by atoms with E-state index >= 15 is 0 Å². The minimum absolute atomic E-state index is 0.255. The zero-order valence-corrected chi connectivity index (χ0v) is 14.0. The number of nitrogens with one attached hydrogen (secondary N) is 2. The van der Waals surface area contributed by atoms with Crippen molar-refractivity contribution in [2.45, 2.75) is 33.2 Å². The summed E-state index contributed by atoms with van der Waals surface area (Å²) in [4.78, 5) is 23.2. The quantitative estimate of drug-likeness (QED) is 0.726. The molecular weight excluding hydrogens is 336 g/mol. The fraction of sp³-hybridized carbons (Fsp3) is 0.467. The lowest BCUT2D eigenvalue weighted by atomic mass is 9.91. The molecule has 0 bridgehead atoms. The molecule has 6 heteroatoms. The Kier molecular flexibility index (Phi) is 6.68. The second-order valence-electron chi connectivity index (χ2n) is 5.47. The van der Waals surface area contributed by atoms with Gasteiger partial charge in [0.2, 0.25) is 0 Å². The number of benzene rings is 1. The number of anilines is 1. The lowest BCUT2D eigenvalue weighted by Gasteiger charge is -2.23. The van der Waals surface area contributed by atoms with E-state index in [1.165, 1.54) is 0 Å². The normalized spacial score (nSPS) is 13.6. The van der Waals surface area contributed by atoms with Gasteiger partial charge in [0.05, 0.1) is 5.92 Å². The number of aliphatic carboxylic acids is 1. The molecule has 1 rings (SSSR count). The van der Waals surface area contributed by atoms with Gasteiger partial charge in [-0.05, 0) is 43.5 Å². The SMILES string of the molecule is CC(C)C[C@@H](C(=O)O)C(C)NC(=O)Nc1ccc(Br)cc1. The van der Waals surface area contributed by atoms with Crippen molar-refractivity contribution in [1.29, 1.82) is 0 Å². The Bertz CT molecular complexity index is 488. The van der Waals surface area contributed by atoms with Crippen LogP contribution in [0.5, 0.6) is 0 Å². The van der Waals surface area contributed by atoms with Crippen molar-refractivity contribution < 1.29 is 14.7 Å². The van der Waals surface area contributed by atoms with Crippen molar-refractivity contribution in [3.63, 3.8) is 0 Å². The molecule has 1 aromatic rings. The van der Waals surface area contributed by atoms with Gasteiger partial charge < -0.3 is 15.7 Å². The van der Waals surface area contributed by atoms with Crippen LogP contribution in [-0.4, -0.2) is 23.1 Å². The van der Waals surface area contributed by atoms with Crippen LogP contribution in [0.25, 0.3) is 0 Å². The van der Waals surface area contributed by atoms with Gasteiger partial charge in [0, 0.05) is 16.2 Å². The van der Waals surface area contributed by atoms with Crippen LogP contribution in [0.3, 0.4) is 0 Å². The Morgan fingerprint density at radius 1 is 1.19 bits per heavy atom. The van der Waals surface area contributed by atoms with E-state index in [0.717, 1.165) is 4.47 Å². The molecule has 1 aromatic carbocycles. The minimum Gasteiger partial charge on any atom is -0.481 e. The maximum absolute atomic E-state index is 11.9. The molecule has 2 atom stereocenters. The summed E-state index contributed by atoms with van der Waals surface area (Å²) in [5.74, 6) is -1.23. The number of urea groups is 1. The molecule has 0 aliphatic rings. The first-order chi connectivity index (χ1) is 9.79. The van der Waals surface area contributed by atoms with Crippen molar-refractivity contribution >= 4 is 33.6 Å². The third kappa shape index (κ3) is 6.16. The number of hydrogen-bond donors (Lipinski definition) is 3. The van der Waals surface area contributed by atoms with E-state index in [2.05, 4.69) is 26.6 Å². The molecule has 5 nitrogen and oxygen atoms in total. The van der Waals surface area contributed by atoms with Gasteiger partial charge in [-0.3, -0.25) is 4.79 Å². The maximum atomic E-state index is 11.9. The van der Waals surface area contributed by atoms with E-state index in [-0.39, 0.29) is 5.92 Å². The number of amides is 2. The van der Waals surface area contributed by atoms with E-state index < -0.39 is 24.0 Å². The van der Waals surface area contributed by atoms with Crippen molar-refractivity contribution in [3.8, 4) is 0 Å². The molecule has 0 aliphatic heterocycles. The summed E-state index contributed by atoms with van der Waals surface area (Å²) in [7, 11) is 0. The summed E-state index contributed by atoms with van der Waals surface area (Å²) in [5.41, 5.74) is 0.652. The van der Waals surface area contributed by atoms with E-state index in [0.29, 0.717) is 12.1 Å². The number of carboxylic acids is 1. The molecule has 0 saturated carbocycles. The molecule has 116 valence electrons. The van der Waals surface area contributed by atoms with Gasteiger partial charge in [0.25, 0.3) is 0 Å². The third-order valence-corrected chi connectivity index (χ3v) is 3.64. The van der Waals surface area contributed by atoms with Crippen molar-refractivity contribution in [2.75, 3.05) is 5.32 Å². The monoisotopic (exact) mass is 356 g/mol. The smallest absolute Gasteiger partial charge is 0.319 e. The predicted molar refractivity (Wildman–Crippen MR) is 86.3 cm³/mol. The second kappa shape index (κ2) is 8.02. The van der Waals surface area contributed by atoms with Crippen LogP contribution in [0, 0.1) is 11.8 Å². The Hall–Kier alpha value is -1.56. The lowest BCUT2D eigenvalue weighted by Crippen LogP contribution is -2.43. The number of carboxylic acid groups (broad SMARTS) is 1. The first kappa shape index (κ1) is 17.5. The summed E-state index contributed by atoms with van der Waals surface area (Å²) < 4.78 is 0.921. The van der Waals surface area contributed by atoms with Crippen LogP contribution in [0.2, 0.25) is 0 Å². The summed E-state index contributed by atoms with van der Waals surface area (Å²) in [5, 5.41) is 14.6. The topological polar surface area (TPSA) is 78.4 Å². The van der Waals surface area contributed by atoms with Gasteiger partial charge in [0.1, 0.15) is 0 Å². The molecule has 0 heterocycles. The van der Waals surface area contributed by atoms with Gasteiger partial charge in [-0.25, -0.2) is 4.79 Å². The number of halogens is 1. The average Bonchev–Trinajstić information content (AvgIpc) is 2.38. The highest BCUT2D eigenvalue weighted by atomic mass is 79.9.